The summed E-state index contributed by atoms with van der Waals surface area (Å²) in [6, 6.07) is 5.88. The minimum Gasteiger partial charge on any atom is -0.478 e. The van der Waals surface area contributed by atoms with Gasteiger partial charge < -0.3 is 9.84 Å². The van der Waals surface area contributed by atoms with E-state index in [1.165, 1.54) is 12.1 Å². The van der Waals surface area contributed by atoms with Gasteiger partial charge in [0.1, 0.15) is 5.75 Å². The minimum absolute atomic E-state index is 0.278. The van der Waals surface area contributed by atoms with Crippen molar-refractivity contribution in [3.8, 4) is 5.75 Å². The number of hydrogen-bond acceptors (Lipinski definition) is 2. The van der Waals surface area contributed by atoms with Gasteiger partial charge in [-0.25, -0.2) is 4.79 Å². The molecule has 1 aromatic rings. The summed E-state index contributed by atoms with van der Waals surface area (Å²) in [5, 5.41) is 8.32. The molecule has 0 saturated carbocycles. The first-order valence-corrected chi connectivity index (χ1v) is 4.05. The van der Waals surface area contributed by atoms with E-state index in [2.05, 4.69) is 10.8 Å². The number of alkyl halides is 3. The maximum absolute atomic E-state index is 11.8. The van der Waals surface area contributed by atoms with E-state index < -0.39 is 18.1 Å². The predicted molar refractivity (Wildman–Crippen MR) is 48.6 cm³/mol. The standard InChI is InChI=1S/C10H6F3O3/c11-10(12,13)16-8-3-1-2-7(6-8)4-5-9(14)15/h1-2,4-6H,(H,14,15). The Bertz CT molecular complexity index is 410. The Morgan fingerprint density at radius 2 is 2.19 bits per heavy atom. The first-order chi connectivity index (χ1) is 7.37. The van der Waals surface area contributed by atoms with Crippen molar-refractivity contribution in [2.24, 2.45) is 0 Å². The molecule has 0 aliphatic heterocycles. The molecule has 0 amide bonds. The Morgan fingerprint density at radius 1 is 1.50 bits per heavy atom. The molecule has 0 unspecified atom stereocenters. The van der Waals surface area contributed by atoms with Crippen molar-refractivity contribution in [3.05, 3.63) is 35.9 Å². The summed E-state index contributed by atoms with van der Waals surface area (Å²) in [6.07, 6.45) is -2.82. The van der Waals surface area contributed by atoms with E-state index >= 15 is 0 Å². The van der Waals surface area contributed by atoms with Gasteiger partial charge in [-0.2, -0.15) is 0 Å². The van der Waals surface area contributed by atoms with Gasteiger partial charge in [0, 0.05) is 12.1 Å². The van der Waals surface area contributed by atoms with Crippen LogP contribution in [0.25, 0.3) is 6.08 Å². The van der Waals surface area contributed by atoms with Crippen molar-refractivity contribution in [1.29, 1.82) is 0 Å². The van der Waals surface area contributed by atoms with Crippen LogP contribution >= 0.6 is 0 Å². The van der Waals surface area contributed by atoms with Crippen molar-refractivity contribution in [3.63, 3.8) is 0 Å². The molecule has 1 aromatic carbocycles. The molecule has 1 N–H and O–H groups in total. The van der Waals surface area contributed by atoms with Crippen LogP contribution in [-0.2, 0) is 4.79 Å². The van der Waals surface area contributed by atoms with Crippen molar-refractivity contribution in [2.45, 2.75) is 6.36 Å². The van der Waals surface area contributed by atoms with Gasteiger partial charge in [0.2, 0.25) is 0 Å². The van der Waals surface area contributed by atoms with Gasteiger partial charge >= 0.3 is 12.3 Å². The molecular formula is C10H6F3O3. The largest absolute Gasteiger partial charge is 0.573 e. The summed E-state index contributed by atoms with van der Waals surface area (Å²) < 4.78 is 39.1. The Kier molecular flexibility index (Phi) is 3.55. The lowest BCUT2D eigenvalue weighted by Crippen LogP contribution is -2.17. The minimum atomic E-state index is -4.79. The molecule has 0 fully saturated rings. The fourth-order valence-electron chi connectivity index (χ4n) is 0.916. The quantitative estimate of drug-likeness (QED) is 0.813. The number of benzene rings is 1. The summed E-state index contributed by atoms with van der Waals surface area (Å²) in [4.78, 5) is 10.2. The first kappa shape index (κ1) is 12.1. The highest BCUT2D eigenvalue weighted by Gasteiger charge is 2.31. The topological polar surface area (TPSA) is 46.5 Å². The van der Waals surface area contributed by atoms with Crippen LogP contribution in [0.1, 0.15) is 5.56 Å². The highest BCUT2D eigenvalue weighted by Crippen LogP contribution is 2.23. The van der Waals surface area contributed by atoms with Gasteiger partial charge in [0.25, 0.3) is 0 Å². The molecule has 0 atom stereocenters. The monoisotopic (exact) mass is 231 g/mol. The smallest absolute Gasteiger partial charge is 0.478 e. The summed E-state index contributed by atoms with van der Waals surface area (Å²) in [5.74, 6) is -1.70. The maximum Gasteiger partial charge on any atom is 0.573 e. The van der Waals surface area contributed by atoms with Crippen molar-refractivity contribution in [2.75, 3.05) is 0 Å². The zero-order chi connectivity index (χ0) is 12.2. The molecule has 0 saturated heterocycles. The number of halogens is 3. The SMILES string of the molecule is O=C(O)C=Cc1cc[c]c(OC(F)(F)F)c1. The van der Waals surface area contributed by atoms with Crippen LogP contribution in [0, 0.1) is 6.07 Å². The first-order valence-electron chi connectivity index (χ1n) is 4.05. The van der Waals surface area contributed by atoms with E-state index in [9.17, 15) is 18.0 Å². The molecule has 0 aliphatic rings. The molecule has 1 radical (unpaired) electrons. The molecule has 3 nitrogen and oxygen atoms in total. The van der Waals surface area contributed by atoms with E-state index in [-0.39, 0.29) is 5.56 Å². The normalized spacial score (nSPS) is 11.7. The molecule has 85 valence electrons. The van der Waals surface area contributed by atoms with E-state index in [0.29, 0.717) is 0 Å². The lowest BCUT2D eigenvalue weighted by Gasteiger charge is -2.08. The molecule has 0 spiro atoms. The highest BCUT2D eigenvalue weighted by atomic mass is 19.4. The number of carboxylic acid groups (broad SMARTS) is 1. The Balaban J connectivity index is 2.83. The molecule has 16 heavy (non-hydrogen) atoms. The van der Waals surface area contributed by atoms with Crippen LogP contribution in [0.4, 0.5) is 13.2 Å². The summed E-state index contributed by atoms with van der Waals surface area (Å²) >= 11 is 0. The zero-order valence-corrected chi connectivity index (χ0v) is 7.78. The second-order valence-corrected chi connectivity index (χ2v) is 2.71. The third-order valence-electron chi connectivity index (χ3n) is 1.44. The van der Waals surface area contributed by atoms with Crippen LogP contribution in [0.3, 0.4) is 0 Å². The third kappa shape index (κ3) is 4.50. The van der Waals surface area contributed by atoms with Crippen LogP contribution < -0.4 is 4.74 Å². The fourth-order valence-corrected chi connectivity index (χ4v) is 0.916. The molecule has 0 aliphatic carbocycles. The van der Waals surface area contributed by atoms with Crippen molar-refractivity contribution in [1.82, 2.24) is 0 Å². The van der Waals surface area contributed by atoms with E-state index in [4.69, 9.17) is 5.11 Å². The second-order valence-electron chi connectivity index (χ2n) is 2.71. The lowest BCUT2D eigenvalue weighted by molar-refractivity contribution is -0.274. The molecule has 0 aromatic heterocycles. The molecule has 0 heterocycles. The second kappa shape index (κ2) is 4.69. The van der Waals surface area contributed by atoms with Gasteiger partial charge in [0.15, 0.2) is 0 Å². The highest BCUT2D eigenvalue weighted by molar-refractivity contribution is 5.85. The Hall–Kier alpha value is -1.98. The number of carbonyl (C=O) groups is 1. The Labute approximate surface area is 88.8 Å². The number of hydrogen-bond donors (Lipinski definition) is 1. The maximum atomic E-state index is 11.8. The number of ether oxygens (including phenoxy) is 1. The van der Waals surface area contributed by atoms with E-state index in [1.807, 2.05) is 0 Å². The fraction of sp³-hybridized carbons (Fsp3) is 0.100. The van der Waals surface area contributed by atoms with Gasteiger partial charge in [-0.1, -0.05) is 6.07 Å². The molecular weight excluding hydrogens is 225 g/mol. The lowest BCUT2D eigenvalue weighted by atomic mass is 10.2. The van der Waals surface area contributed by atoms with Crippen LogP contribution in [0.5, 0.6) is 5.75 Å². The van der Waals surface area contributed by atoms with Gasteiger partial charge in [0.05, 0.1) is 0 Å². The average Bonchev–Trinajstić information content (AvgIpc) is 2.12. The molecule has 0 bridgehead atoms. The van der Waals surface area contributed by atoms with Gasteiger partial charge in [-0.15, -0.1) is 13.2 Å². The van der Waals surface area contributed by atoms with Crippen LogP contribution in [0.15, 0.2) is 24.3 Å². The van der Waals surface area contributed by atoms with E-state index in [1.54, 1.807) is 0 Å². The summed E-state index contributed by atoms with van der Waals surface area (Å²) in [7, 11) is 0. The number of carboxylic acids is 1. The molecule has 6 heteroatoms. The van der Waals surface area contributed by atoms with Crippen LogP contribution in [0.2, 0.25) is 0 Å². The molecule has 1 rings (SSSR count). The predicted octanol–water partition coefficient (Wildman–Crippen LogP) is 2.48. The Morgan fingerprint density at radius 3 is 2.75 bits per heavy atom. The van der Waals surface area contributed by atoms with Crippen LogP contribution in [-0.4, -0.2) is 17.4 Å². The van der Waals surface area contributed by atoms with Crippen molar-refractivity contribution < 1.29 is 27.8 Å². The average molecular weight is 231 g/mol. The number of aliphatic carboxylic acids is 1. The summed E-state index contributed by atoms with van der Waals surface area (Å²) in [6.45, 7) is 0. The zero-order valence-electron chi connectivity index (χ0n) is 7.78. The third-order valence-corrected chi connectivity index (χ3v) is 1.44. The van der Waals surface area contributed by atoms with Gasteiger partial charge in [-0.05, 0) is 23.8 Å². The van der Waals surface area contributed by atoms with E-state index in [0.717, 1.165) is 18.2 Å². The van der Waals surface area contributed by atoms with Crippen molar-refractivity contribution >= 4 is 12.0 Å². The summed E-state index contributed by atoms with van der Waals surface area (Å²) in [5.41, 5.74) is 0.278. The van der Waals surface area contributed by atoms with Gasteiger partial charge in [-0.3, -0.25) is 0 Å². The number of rotatable bonds is 3.